The molecule has 0 aromatic heterocycles. The molecule has 68 valence electrons. The van der Waals surface area contributed by atoms with Gasteiger partial charge < -0.3 is 5.11 Å². The second-order valence-electron chi connectivity index (χ2n) is 2.68. The molecule has 0 spiro atoms. The quantitative estimate of drug-likeness (QED) is 0.709. The fourth-order valence-corrected chi connectivity index (χ4v) is 0.871. The van der Waals surface area contributed by atoms with Crippen molar-refractivity contribution in [1.82, 2.24) is 0 Å². The van der Waals surface area contributed by atoms with Crippen molar-refractivity contribution in [2.24, 2.45) is 0 Å². The number of benzene rings is 1. The molecule has 0 saturated heterocycles. The van der Waals surface area contributed by atoms with Crippen molar-refractivity contribution in [2.75, 3.05) is 0 Å². The van der Waals surface area contributed by atoms with E-state index >= 15 is 0 Å². The smallest absolute Gasteiger partial charge is 0.331 e. The van der Waals surface area contributed by atoms with E-state index in [1.165, 1.54) is 37.3 Å². The fourth-order valence-electron chi connectivity index (χ4n) is 0.871. The molecule has 0 saturated carbocycles. The minimum absolute atomic E-state index is 0.228. The summed E-state index contributed by atoms with van der Waals surface area (Å²) in [6, 6.07) is 5.64. The molecular weight excluding hydrogens is 171 g/mol. The van der Waals surface area contributed by atoms with Gasteiger partial charge >= 0.3 is 5.97 Å². The van der Waals surface area contributed by atoms with Crippen molar-refractivity contribution < 1.29 is 14.3 Å². The van der Waals surface area contributed by atoms with Gasteiger partial charge in [0.1, 0.15) is 5.82 Å². The summed E-state index contributed by atoms with van der Waals surface area (Å²) < 4.78 is 12.4. The van der Waals surface area contributed by atoms with Crippen LogP contribution >= 0.6 is 0 Å². The average molecular weight is 180 g/mol. The number of rotatable bonds is 2. The predicted molar refractivity (Wildman–Crippen MR) is 47.7 cm³/mol. The molecule has 0 heterocycles. The molecule has 0 aliphatic carbocycles. The molecule has 0 amide bonds. The number of carbonyl (C=O) groups is 1. The number of aliphatic carboxylic acids is 1. The van der Waals surface area contributed by atoms with Crippen LogP contribution in [0.4, 0.5) is 4.39 Å². The predicted octanol–water partition coefficient (Wildman–Crippen LogP) is 2.31. The lowest BCUT2D eigenvalue weighted by molar-refractivity contribution is -0.132. The van der Waals surface area contributed by atoms with Crippen LogP contribution in [-0.2, 0) is 4.79 Å². The lowest BCUT2D eigenvalue weighted by Gasteiger charge is -1.94. The van der Waals surface area contributed by atoms with Gasteiger partial charge in [0.2, 0.25) is 0 Å². The minimum atomic E-state index is -0.968. The van der Waals surface area contributed by atoms with Crippen LogP contribution < -0.4 is 0 Å². The Hall–Kier alpha value is -1.64. The van der Waals surface area contributed by atoms with E-state index in [1.807, 2.05) is 0 Å². The highest BCUT2D eigenvalue weighted by Gasteiger charge is 1.99. The molecule has 0 unspecified atom stereocenters. The molecule has 0 atom stereocenters. The zero-order chi connectivity index (χ0) is 9.84. The van der Waals surface area contributed by atoms with E-state index in [4.69, 9.17) is 5.11 Å². The van der Waals surface area contributed by atoms with Gasteiger partial charge in [0, 0.05) is 5.57 Å². The first-order chi connectivity index (χ1) is 6.09. The Balaban J connectivity index is 2.92. The molecule has 0 aliphatic rings. The Morgan fingerprint density at radius 2 is 1.92 bits per heavy atom. The standard InChI is InChI=1S/C10H9FO2/c1-7(10(12)13)6-8-2-4-9(11)5-3-8/h2-6H,1H3,(H,12,13)/b7-6+. The maximum atomic E-state index is 12.4. The highest BCUT2D eigenvalue weighted by molar-refractivity contribution is 5.91. The number of carboxylic acid groups (broad SMARTS) is 1. The monoisotopic (exact) mass is 180 g/mol. The normalized spacial score (nSPS) is 11.4. The van der Waals surface area contributed by atoms with Gasteiger partial charge in [-0.05, 0) is 30.7 Å². The van der Waals surface area contributed by atoms with Crippen LogP contribution in [0, 0.1) is 5.82 Å². The van der Waals surface area contributed by atoms with E-state index in [1.54, 1.807) is 0 Å². The number of hydrogen-bond acceptors (Lipinski definition) is 1. The first kappa shape index (κ1) is 9.45. The van der Waals surface area contributed by atoms with Crippen molar-refractivity contribution in [3.63, 3.8) is 0 Å². The van der Waals surface area contributed by atoms with Crippen LogP contribution in [-0.4, -0.2) is 11.1 Å². The molecule has 1 rings (SSSR count). The van der Waals surface area contributed by atoms with Gasteiger partial charge in [-0.2, -0.15) is 0 Å². The van der Waals surface area contributed by atoms with Gasteiger partial charge in [0.15, 0.2) is 0 Å². The minimum Gasteiger partial charge on any atom is -0.478 e. The van der Waals surface area contributed by atoms with Crippen LogP contribution in [0.25, 0.3) is 6.08 Å². The topological polar surface area (TPSA) is 37.3 Å². The number of carboxylic acids is 1. The third-order valence-electron chi connectivity index (χ3n) is 1.59. The van der Waals surface area contributed by atoms with Crippen molar-refractivity contribution in [2.45, 2.75) is 6.92 Å². The summed E-state index contributed by atoms with van der Waals surface area (Å²) in [6.07, 6.45) is 1.49. The first-order valence-electron chi connectivity index (χ1n) is 3.77. The molecule has 0 radical (unpaired) electrons. The first-order valence-corrected chi connectivity index (χ1v) is 3.77. The summed E-state index contributed by atoms with van der Waals surface area (Å²) in [5.74, 6) is -1.30. The Morgan fingerprint density at radius 1 is 1.38 bits per heavy atom. The zero-order valence-corrected chi connectivity index (χ0v) is 7.12. The van der Waals surface area contributed by atoms with Gasteiger partial charge in [0.25, 0.3) is 0 Å². The third-order valence-corrected chi connectivity index (χ3v) is 1.59. The summed E-state index contributed by atoms with van der Waals surface area (Å²) in [6.45, 7) is 1.49. The van der Waals surface area contributed by atoms with Crippen molar-refractivity contribution in [3.8, 4) is 0 Å². The highest BCUT2D eigenvalue weighted by Crippen LogP contribution is 2.07. The Kier molecular flexibility index (Phi) is 2.80. The Morgan fingerprint density at radius 3 is 2.38 bits per heavy atom. The van der Waals surface area contributed by atoms with Crippen LogP contribution in [0.3, 0.4) is 0 Å². The maximum absolute atomic E-state index is 12.4. The van der Waals surface area contributed by atoms with Crippen molar-refractivity contribution in [3.05, 3.63) is 41.2 Å². The number of halogens is 1. The highest BCUT2D eigenvalue weighted by atomic mass is 19.1. The molecule has 3 heteroatoms. The van der Waals surface area contributed by atoms with Gasteiger partial charge in [-0.1, -0.05) is 12.1 Å². The molecule has 0 aliphatic heterocycles. The molecule has 0 fully saturated rings. The van der Waals surface area contributed by atoms with Gasteiger partial charge in [-0.15, -0.1) is 0 Å². The molecule has 2 nitrogen and oxygen atoms in total. The van der Waals surface area contributed by atoms with E-state index in [0.29, 0.717) is 5.56 Å². The summed E-state index contributed by atoms with van der Waals surface area (Å²) in [7, 11) is 0. The van der Waals surface area contributed by atoms with Gasteiger partial charge in [0.05, 0.1) is 0 Å². The molecule has 1 aromatic rings. The molecule has 0 bridgehead atoms. The second kappa shape index (κ2) is 3.85. The lowest BCUT2D eigenvalue weighted by Crippen LogP contribution is -1.95. The second-order valence-corrected chi connectivity index (χ2v) is 2.68. The zero-order valence-electron chi connectivity index (χ0n) is 7.12. The van der Waals surface area contributed by atoms with E-state index < -0.39 is 5.97 Å². The summed E-state index contributed by atoms with van der Waals surface area (Å²) in [5, 5.41) is 8.56. The summed E-state index contributed by atoms with van der Waals surface area (Å²) in [5.41, 5.74) is 0.910. The maximum Gasteiger partial charge on any atom is 0.331 e. The third kappa shape index (κ3) is 2.71. The van der Waals surface area contributed by atoms with Crippen LogP contribution in [0.5, 0.6) is 0 Å². The van der Waals surface area contributed by atoms with Crippen molar-refractivity contribution in [1.29, 1.82) is 0 Å². The van der Waals surface area contributed by atoms with Crippen LogP contribution in [0.2, 0.25) is 0 Å². The van der Waals surface area contributed by atoms with Crippen LogP contribution in [0.1, 0.15) is 12.5 Å². The molecular formula is C10H9FO2. The largest absolute Gasteiger partial charge is 0.478 e. The van der Waals surface area contributed by atoms with E-state index in [2.05, 4.69) is 0 Å². The molecule has 1 N–H and O–H groups in total. The average Bonchev–Trinajstić information content (AvgIpc) is 2.08. The fraction of sp³-hybridized carbons (Fsp3) is 0.100. The van der Waals surface area contributed by atoms with E-state index in [-0.39, 0.29) is 11.4 Å². The summed E-state index contributed by atoms with van der Waals surface area (Å²) >= 11 is 0. The van der Waals surface area contributed by atoms with E-state index in [9.17, 15) is 9.18 Å². The van der Waals surface area contributed by atoms with Crippen molar-refractivity contribution >= 4 is 12.0 Å². The van der Waals surface area contributed by atoms with Gasteiger partial charge in [-0.3, -0.25) is 0 Å². The lowest BCUT2D eigenvalue weighted by atomic mass is 10.1. The SMILES string of the molecule is C/C(=C\c1ccc(F)cc1)C(=O)O. The molecule has 1 aromatic carbocycles. The summed E-state index contributed by atoms with van der Waals surface area (Å²) in [4.78, 5) is 10.4. The van der Waals surface area contributed by atoms with Crippen LogP contribution in [0.15, 0.2) is 29.8 Å². The Labute approximate surface area is 75.3 Å². The Bertz CT molecular complexity index is 338. The number of hydrogen-bond donors (Lipinski definition) is 1. The molecule has 13 heavy (non-hydrogen) atoms. The van der Waals surface area contributed by atoms with E-state index in [0.717, 1.165) is 0 Å². The van der Waals surface area contributed by atoms with Gasteiger partial charge in [-0.25, -0.2) is 9.18 Å².